The number of amides is 2. The molecular formula is C17H29N3O2. The van der Waals surface area contributed by atoms with Crippen molar-refractivity contribution in [2.75, 3.05) is 20.1 Å². The highest BCUT2D eigenvalue weighted by molar-refractivity contribution is 5.85. The Kier molecular flexibility index (Phi) is 5.01. The summed E-state index contributed by atoms with van der Waals surface area (Å²) in [5.41, 5.74) is 0. The molecule has 2 atom stereocenters. The number of fused-ring (bicyclic) bond motifs is 2. The highest BCUT2D eigenvalue weighted by Gasteiger charge is 2.36. The van der Waals surface area contributed by atoms with Gasteiger partial charge < -0.3 is 15.1 Å². The molecule has 5 nitrogen and oxygen atoms in total. The number of piperidine rings is 1. The summed E-state index contributed by atoms with van der Waals surface area (Å²) in [4.78, 5) is 28.5. The van der Waals surface area contributed by atoms with Crippen LogP contribution in [0.2, 0.25) is 0 Å². The number of likely N-dealkylation sites (N-methyl/N-ethyl adjacent to an activating group) is 1. The summed E-state index contributed by atoms with van der Waals surface area (Å²) in [6.07, 6.45) is 9.53. The zero-order valence-electron chi connectivity index (χ0n) is 13.7. The van der Waals surface area contributed by atoms with Crippen molar-refractivity contribution in [3.63, 3.8) is 0 Å². The molecule has 2 unspecified atom stereocenters. The van der Waals surface area contributed by atoms with Crippen LogP contribution in [0.3, 0.4) is 0 Å². The van der Waals surface area contributed by atoms with Gasteiger partial charge in [0.05, 0.1) is 6.54 Å². The Morgan fingerprint density at radius 1 is 1.18 bits per heavy atom. The third-order valence-corrected chi connectivity index (χ3v) is 5.64. The third kappa shape index (κ3) is 3.62. The zero-order chi connectivity index (χ0) is 15.5. The van der Waals surface area contributed by atoms with Crippen molar-refractivity contribution in [2.24, 2.45) is 0 Å². The topological polar surface area (TPSA) is 52.7 Å². The Balaban J connectivity index is 1.54. The lowest BCUT2D eigenvalue weighted by Gasteiger charge is -2.36. The molecule has 0 aliphatic carbocycles. The standard InChI is InChI=1S/C17H29N3O2/c1-19(15-10-13-7-8-14(11-15)18-13)17(22)12-20-9-5-3-2-4-6-16(20)21/h13-15,18H,2-12H2,1H3. The average Bonchev–Trinajstić information content (AvgIpc) is 2.84. The Labute approximate surface area is 133 Å². The molecule has 5 heteroatoms. The maximum absolute atomic E-state index is 12.6. The summed E-state index contributed by atoms with van der Waals surface area (Å²) in [5.74, 6) is 0.270. The maximum atomic E-state index is 12.6. The van der Waals surface area contributed by atoms with Gasteiger partial charge in [-0.1, -0.05) is 12.8 Å². The quantitative estimate of drug-likeness (QED) is 0.860. The fourth-order valence-corrected chi connectivity index (χ4v) is 4.20. The number of hydrogen-bond acceptors (Lipinski definition) is 3. The molecule has 3 rings (SSSR count). The highest BCUT2D eigenvalue weighted by atomic mass is 16.2. The van der Waals surface area contributed by atoms with Crippen LogP contribution in [0.4, 0.5) is 0 Å². The lowest BCUT2D eigenvalue weighted by Crippen LogP contribution is -2.51. The molecule has 0 saturated carbocycles. The Morgan fingerprint density at radius 3 is 2.59 bits per heavy atom. The number of likely N-dealkylation sites (tertiary alicyclic amines) is 1. The molecule has 124 valence electrons. The van der Waals surface area contributed by atoms with E-state index in [2.05, 4.69) is 5.32 Å². The zero-order valence-corrected chi connectivity index (χ0v) is 13.7. The molecule has 3 heterocycles. The lowest BCUT2D eigenvalue weighted by atomic mass is 9.98. The molecule has 0 radical (unpaired) electrons. The number of nitrogens with zero attached hydrogens (tertiary/aromatic N) is 2. The first-order valence-electron chi connectivity index (χ1n) is 8.93. The first kappa shape index (κ1) is 15.8. The van der Waals surface area contributed by atoms with Crippen molar-refractivity contribution in [2.45, 2.75) is 75.9 Å². The lowest BCUT2D eigenvalue weighted by molar-refractivity contribution is -0.141. The van der Waals surface area contributed by atoms with Gasteiger partial charge in [0.15, 0.2) is 0 Å². The van der Waals surface area contributed by atoms with Gasteiger partial charge in [-0.05, 0) is 38.5 Å². The van der Waals surface area contributed by atoms with E-state index in [0.717, 1.165) is 38.6 Å². The van der Waals surface area contributed by atoms with Crippen LogP contribution in [0.15, 0.2) is 0 Å². The van der Waals surface area contributed by atoms with Crippen molar-refractivity contribution < 1.29 is 9.59 Å². The molecule has 0 aromatic carbocycles. The molecule has 2 bridgehead atoms. The van der Waals surface area contributed by atoms with Gasteiger partial charge in [-0.25, -0.2) is 0 Å². The van der Waals surface area contributed by atoms with Crippen LogP contribution in [0.1, 0.15) is 57.8 Å². The summed E-state index contributed by atoms with van der Waals surface area (Å²) in [6, 6.07) is 1.51. The van der Waals surface area contributed by atoms with Crippen LogP contribution in [0.5, 0.6) is 0 Å². The van der Waals surface area contributed by atoms with E-state index in [0.29, 0.717) is 24.5 Å². The van der Waals surface area contributed by atoms with Crippen LogP contribution in [-0.2, 0) is 9.59 Å². The van der Waals surface area contributed by atoms with E-state index in [1.54, 1.807) is 4.90 Å². The smallest absolute Gasteiger partial charge is 0.242 e. The SMILES string of the molecule is CN(C(=O)CN1CCCCCCC1=O)C1CC2CCC(C1)N2. The van der Waals surface area contributed by atoms with Gasteiger partial charge in [0.2, 0.25) is 11.8 Å². The van der Waals surface area contributed by atoms with Crippen LogP contribution >= 0.6 is 0 Å². The van der Waals surface area contributed by atoms with Crippen molar-refractivity contribution in [1.82, 2.24) is 15.1 Å². The predicted octanol–water partition coefficient (Wildman–Crippen LogP) is 1.52. The van der Waals surface area contributed by atoms with Gasteiger partial charge in [-0.3, -0.25) is 9.59 Å². The molecule has 0 aromatic rings. The molecule has 3 saturated heterocycles. The molecule has 3 fully saturated rings. The minimum absolute atomic E-state index is 0.111. The summed E-state index contributed by atoms with van der Waals surface area (Å²) in [6.45, 7) is 1.02. The molecule has 0 aromatic heterocycles. The molecule has 0 spiro atoms. The molecular weight excluding hydrogens is 278 g/mol. The number of rotatable bonds is 3. The predicted molar refractivity (Wildman–Crippen MR) is 85.4 cm³/mol. The molecule has 22 heavy (non-hydrogen) atoms. The van der Waals surface area contributed by atoms with Gasteiger partial charge in [0.25, 0.3) is 0 Å². The maximum Gasteiger partial charge on any atom is 0.242 e. The van der Waals surface area contributed by atoms with Crippen molar-refractivity contribution in [3.05, 3.63) is 0 Å². The van der Waals surface area contributed by atoms with Crippen LogP contribution in [0.25, 0.3) is 0 Å². The van der Waals surface area contributed by atoms with E-state index in [1.807, 2.05) is 11.9 Å². The Morgan fingerprint density at radius 2 is 1.86 bits per heavy atom. The third-order valence-electron chi connectivity index (χ3n) is 5.64. The minimum Gasteiger partial charge on any atom is -0.341 e. The second kappa shape index (κ2) is 6.99. The van der Waals surface area contributed by atoms with Gasteiger partial charge >= 0.3 is 0 Å². The summed E-state index contributed by atoms with van der Waals surface area (Å²) in [5, 5.41) is 3.62. The number of carbonyl (C=O) groups is 2. The van der Waals surface area contributed by atoms with E-state index in [-0.39, 0.29) is 18.4 Å². The molecule has 3 aliphatic rings. The average molecular weight is 307 g/mol. The van der Waals surface area contributed by atoms with Gasteiger partial charge in [-0.15, -0.1) is 0 Å². The van der Waals surface area contributed by atoms with Gasteiger partial charge in [0, 0.05) is 38.1 Å². The second-order valence-electron chi connectivity index (χ2n) is 7.25. The van der Waals surface area contributed by atoms with Gasteiger partial charge in [-0.2, -0.15) is 0 Å². The van der Waals surface area contributed by atoms with E-state index >= 15 is 0 Å². The van der Waals surface area contributed by atoms with Crippen LogP contribution in [0, 0.1) is 0 Å². The van der Waals surface area contributed by atoms with Crippen LogP contribution in [-0.4, -0.2) is 59.9 Å². The number of nitrogens with one attached hydrogen (secondary N) is 1. The Bertz CT molecular complexity index is 414. The summed E-state index contributed by atoms with van der Waals surface area (Å²) in [7, 11) is 1.92. The normalized spacial score (nSPS) is 32.5. The monoisotopic (exact) mass is 307 g/mol. The van der Waals surface area contributed by atoms with Gasteiger partial charge in [0.1, 0.15) is 0 Å². The number of carbonyl (C=O) groups excluding carboxylic acids is 2. The fourth-order valence-electron chi connectivity index (χ4n) is 4.20. The molecule has 1 N–H and O–H groups in total. The van der Waals surface area contributed by atoms with Crippen molar-refractivity contribution in [3.8, 4) is 0 Å². The largest absolute Gasteiger partial charge is 0.341 e. The molecule has 2 amide bonds. The Hall–Kier alpha value is -1.10. The number of hydrogen-bond donors (Lipinski definition) is 1. The fraction of sp³-hybridized carbons (Fsp3) is 0.882. The highest BCUT2D eigenvalue weighted by Crippen LogP contribution is 2.29. The minimum atomic E-state index is 0.111. The first-order valence-corrected chi connectivity index (χ1v) is 8.93. The van der Waals surface area contributed by atoms with E-state index in [9.17, 15) is 9.59 Å². The van der Waals surface area contributed by atoms with Crippen molar-refractivity contribution in [1.29, 1.82) is 0 Å². The van der Waals surface area contributed by atoms with E-state index in [4.69, 9.17) is 0 Å². The van der Waals surface area contributed by atoms with Crippen LogP contribution < -0.4 is 5.32 Å². The first-order chi connectivity index (χ1) is 10.6. The van der Waals surface area contributed by atoms with Crippen molar-refractivity contribution >= 4 is 11.8 Å². The van der Waals surface area contributed by atoms with E-state index < -0.39 is 0 Å². The van der Waals surface area contributed by atoms with E-state index in [1.165, 1.54) is 19.3 Å². The second-order valence-corrected chi connectivity index (χ2v) is 7.25. The summed E-state index contributed by atoms with van der Waals surface area (Å²) < 4.78 is 0. The summed E-state index contributed by atoms with van der Waals surface area (Å²) >= 11 is 0. The molecule has 3 aliphatic heterocycles.